The van der Waals surface area contributed by atoms with Crippen molar-refractivity contribution < 1.29 is 17.9 Å². The van der Waals surface area contributed by atoms with E-state index in [-0.39, 0.29) is 24.0 Å². The van der Waals surface area contributed by atoms with Crippen LogP contribution in [0, 0.1) is 0 Å². The number of methoxy groups -OCH3 is 1. The van der Waals surface area contributed by atoms with Gasteiger partial charge in [0.25, 0.3) is 0 Å². The first-order valence-electron chi connectivity index (χ1n) is 7.48. The number of carbonyl (C=O) groups excluding carboxylic acids is 1. The van der Waals surface area contributed by atoms with E-state index in [0.717, 1.165) is 5.56 Å². The number of amides is 1. The fraction of sp³-hybridized carbons (Fsp3) is 0.533. The third-order valence-electron chi connectivity index (χ3n) is 3.42. The summed E-state index contributed by atoms with van der Waals surface area (Å²) in [4.78, 5) is 11.9. The summed E-state index contributed by atoms with van der Waals surface area (Å²) in [5, 5.41) is 2.68. The number of sulfonamides is 1. The molecule has 0 aliphatic rings. The van der Waals surface area contributed by atoms with Gasteiger partial charge in [0, 0.05) is 26.7 Å². The third-order valence-corrected chi connectivity index (χ3v) is 5.48. The lowest BCUT2D eigenvalue weighted by Crippen LogP contribution is -2.43. The lowest BCUT2D eigenvalue weighted by atomic mass is 10.2. The zero-order valence-electron chi connectivity index (χ0n) is 13.8. The van der Waals surface area contributed by atoms with Crippen LogP contribution in [0.3, 0.4) is 0 Å². The molecule has 0 aromatic heterocycles. The van der Waals surface area contributed by atoms with Crippen LogP contribution < -0.4 is 11.1 Å². The number of nitrogens with one attached hydrogen (secondary N) is 1. The van der Waals surface area contributed by atoms with Gasteiger partial charge in [0.15, 0.2) is 0 Å². The predicted octanol–water partition coefficient (Wildman–Crippen LogP) is 0.307. The Kier molecular flexibility index (Phi) is 7.63. The number of nitrogens with two attached hydrogens (primary N) is 1. The molecule has 1 amide bonds. The minimum absolute atomic E-state index is 0.146. The highest BCUT2D eigenvalue weighted by atomic mass is 32.2. The Balaban J connectivity index is 2.72. The van der Waals surface area contributed by atoms with E-state index < -0.39 is 16.1 Å². The number of benzene rings is 1. The van der Waals surface area contributed by atoms with Crippen molar-refractivity contribution in [1.29, 1.82) is 0 Å². The highest BCUT2D eigenvalue weighted by molar-refractivity contribution is 7.89. The van der Waals surface area contributed by atoms with Gasteiger partial charge in [0.05, 0.1) is 11.5 Å². The molecule has 1 rings (SSSR count). The van der Waals surface area contributed by atoms with E-state index in [0.29, 0.717) is 13.1 Å². The Morgan fingerprint density at radius 3 is 2.30 bits per heavy atom. The Bertz CT molecular complexity index is 598. The van der Waals surface area contributed by atoms with Crippen molar-refractivity contribution in [2.75, 3.05) is 26.8 Å². The van der Waals surface area contributed by atoms with Crippen LogP contribution in [0.2, 0.25) is 0 Å². The first-order chi connectivity index (χ1) is 10.9. The maximum Gasteiger partial charge on any atom is 0.243 e. The zero-order chi connectivity index (χ0) is 17.5. The van der Waals surface area contributed by atoms with Crippen molar-refractivity contribution in [3.63, 3.8) is 0 Å². The molecule has 0 aliphatic carbocycles. The lowest BCUT2D eigenvalue weighted by Gasteiger charge is -2.18. The van der Waals surface area contributed by atoms with Gasteiger partial charge in [0.1, 0.15) is 6.04 Å². The fourth-order valence-corrected chi connectivity index (χ4v) is 3.53. The molecule has 1 aromatic carbocycles. The molecule has 0 aliphatic heterocycles. The summed E-state index contributed by atoms with van der Waals surface area (Å²) < 4.78 is 30.9. The summed E-state index contributed by atoms with van der Waals surface area (Å²) in [5.41, 5.74) is 6.41. The van der Waals surface area contributed by atoms with Gasteiger partial charge in [-0.3, -0.25) is 4.79 Å². The highest BCUT2D eigenvalue weighted by Crippen LogP contribution is 2.16. The Hall–Kier alpha value is -1.48. The SMILES string of the molecule is CCN(CC)S(=O)(=O)c1ccc(CNC(=O)C(N)COC)cc1. The van der Waals surface area contributed by atoms with Crippen LogP contribution in [-0.2, 0) is 26.1 Å². The molecule has 1 aromatic rings. The molecule has 3 N–H and O–H groups in total. The van der Waals surface area contributed by atoms with Crippen LogP contribution in [0.1, 0.15) is 19.4 Å². The molecule has 0 fully saturated rings. The number of ether oxygens (including phenoxy) is 1. The van der Waals surface area contributed by atoms with E-state index in [1.165, 1.54) is 11.4 Å². The number of carbonyl (C=O) groups is 1. The zero-order valence-corrected chi connectivity index (χ0v) is 14.6. The van der Waals surface area contributed by atoms with Crippen molar-refractivity contribution in [1.82, 2.24) is 9.62 Å². The molecular formula is C15H25N3O4S. The third kappa shape index (κ3) is 5.28. The summed E-state index contributed by atoms with van der Waals surface area (Å²) >= 11 is 0. The van der Waals surface area contributed by atoms with Crippen LogP contribution >= 0.6 is 0 Å². The van der Waals surface area contributed by atoms with Gasteiger partial charge >= 0.3 is 0 Å². The fourth-order valence-electron chi connectivity index (χ4n) is 2.07. The minimum atomic E-state index is -3.46. The maximum absolute atomic E-state index is 12.4. The Morgan fingerprint density at radius 2 is 1.83 bits per heavy atom. The van der Waals surface area contributed by atoms with Crippen molar-refractivity contribution in [2.45, 2.75) is 31.3 Å². The molecule has 1 atom stereocenters. The summed E-state index contributed by atoms with van der Waals surface area (Å²) in [6.45, 7) is 4.87. The molecule has 130 valence electrons. The number of nitrogens with zero attached hydrogens (tertiary/aromatic N) is 1. The average Bonchev–Trinajstić information content (AvgIpc) is 2.54. The molecule has 1 unspecified atom stereocenters. The van der Waals surface area contributed by atoms with Crippen molar-refractivity contribution in [3.05, 3.63) is 29.8 Å². The van der Waals surface area contributed by atoms with Crippen LogP contribution in [0.4, 0.5) is 0 Å². The van der Waals surface area contributed by atoms with E-state index >= 15 is 0 Å². The molecule has 0 radical (unpaired) electrons. The topological polar surface area (TPSA) is 102 Å². The molecule has 0 bridgehead atoms. The van der Waals surface area contributed by atoms with Crippen molar-refractivity contribution in [2.24, 2.45) is 5.73 Å². The van der Waals surface area contributed by atoms with Gasteiger partial charge in [-0.05, 0) is 17.7 Å². The van der Waals surface area contributed by atoms with Crippen LogP contribution in [-0.4, -0.2) is 51.5 Å². The van der Waals surface area contributed by atoms with Crippen LogP contribution in [0.5, 0.6) is 0 Å². The van der Waals surface area contributed by atoms with E-state index in [4.69, 9.17) is 10.5 Å². The molecule has 0 spiro atoms. The van der Waals surface area contributed by atoms with Gasteiger partial charge < -0.3 is 15.8 Å². The normalized spacial score (nSPS) is 13.1. The highest BCUT2D eigenvalue weighted by Gasteiger charge is 2.21. The molecule has 0 saturated carbocycles. The van der Waals surface area contributed by atoms with E-state index in [1.54, 1.807) is 38.1 Å². The van der Waals surface area contributed by atoms with Gasteiger partial charge in [-0.25, -0.2) is 8.42 Å². The summed E-state index contributed by atoms with van der Waals surface area (Å²) in [6.07, 6.45) is 0. The van der Waals surface area contributed by atoms with E-state index in [9.17, 15) is 13.2 Å². The second-order valence-electron chi connectivity index (χ2n) is 5.01. The van der Waals surface area contributed by atoms with Crippen molar-refractivity contribution in [3.8, 4) is 0 Å². The van der Waals surface area contributed by atoms with E-state index in [1.807, 2.05) is 0 Å². The first-order valence-corrected chi connectivity index (χ1v) is 8.92. The number of hydrogen-bond donors (Lipinski definition) is 2. The minimum Gasteiger partial charge on any atom is -0.383 e. The second kappa shape index (κ2) is 8.97. The average molecular weight is 343 g/mol. The monoisotopic (exact) mass is 343 g/mol. The van der Waals surface area contributed by atoms with Gasteiger partial charge in [-0.15, -0.1) is 0 Å². The quantitative estimate of drug-likeness (QED) is 0.672. The molecular weight excluding hydrogens is 318 g/mol. The number of hydrogen-bond acceptors (Lipinski definition) is 5. The van der Waals surface area contributed by atoms with Crippen molar-refractivity contribution >= 4 is 15.9 Å². The van der Waals surface area contributed by atoms with Gasteiger partial charge in [-0.1, -0.05) is 26.0 Å². The molecule has 0 heterocycles. The standard InChI is InChI=1S/C15H25N3O4S/c1-4-18(5-2)23(20,21)13-8-6-12(7-9-13)10-17-15(19)14(16)11-22-3/h6-9,14H,4-5,10-11,16H2,1-3H3,(H,17,19). The summed E-state index contributed by atoms with van der Waals surface area (Å²) in [6, 6.07) is 5.73. The second-order valence-corrected chi connectivity index (χ2v) is 6.95. The smallest absolute Gasteiger partial charge is 0.243 e. The molecule has 7 nitrogen and oxygen atoms in total. The first kappa shape index (κ1) is 19.6. The van der Waals surface area contributed by atoms with Gasteiger partial charge in [0.2, 0.25) is 15.9 Å². The number of rotatable bonds is 9. The largest absolute Gasteiger partial charge is 0.383 e. The molecule has 0 saturated heterocycles. The predicted molar refractivity (Wildman–Crippen MR) is 88.2 cm³/mol. The van der Waals surface area contributed by atoms with Crippen LogP contribution in [0.15, 0.2) is 29.2 Å². The van der Waals surface area contributed by atoms with Gasteiger partial charge in [-0.2, -0.15) is 4.31 Å². The lowest BCUT2D eigenvalue weighted by molar-refractivity contribution is -0.123. The van der Waals surface area contributed by atoms with Crippen LogP contribution in [0.25, 0.3) is 0 Å². The van der Waals surface area contributed by atoms with E-state index in [2.05, 4.69) is 5.32 Å². The Labute approximate surface area is 137 Å². The Morgan fingerprint density at radius 1 is 1.26 bits per heavy atom. The summed E-state index contributed by atoms with van der Waals surface area (Å²) in [5.74, 6) is -0.313. The molecule has 23 heavy (non-hydrogen) atoms. The maximum atomic E-state index is 12.4. The summed E-state index contributed by atoms with van der Waals surface area (Å²) in [7, 11) is -1.99. The molecule has 8 heteroatoms.